The summed E-state index contributed by atoms with van der Waals surface area (Å²) >= 11 is 0. The number of allylic oxidation sites excluding steroid dienone is 8. The second-order valence-electron chi connectivity index (χ2n) is 16.6. The smallest absolute Gasteiger partial charge is 0.231 e. The molecule has 6 aliphatic rings. The fourth-order valence-electron chi connectivity index (χ4n) is 10.9. The van der Waals surface area contributed by atoms with Crippen molar-refractivity contribution in [2.45, 2.75) is 50.1 Å². The first kappa shape index (κ1) is 31.1. The summed E-state index contributed by atoms with van der Waals surface area (Å²) in [6.07, 6.45) is 22.1. The van der Waals surface area contributed by atoms with Crippen molar-refractivity contribution in [3.05, 3.63) is 186 Å². The maximum atomic E-state index is 5.66. The second kappa shape index (κ2) is 10.9. The summed E-state index contributed by atoms with van der Waals surface area (Å²) in [6.45, 7) is 7.10. The average Bonchev–Trinajstić information content (AvgIpc) is 3.59. The van der Waals surface area contributed by atoms with Crippen molar-refractivity contribution in [1.82, 2.24) is 9.97 Å². The van der Waals surface area contributed by atoms with Crippen molar-refractivity contribution in [2.75, 3.05) is 9.80 Å². The van der Waals surface area contributed by atoms with E-state index in [0.29, 0.717) is 5.92 Å². The molecule has 0 bridgehead atoms. The predicted molar refractivity (Wildman–Crippen MR) is 228 cm³/mol. The van der Waals surface area contributed by atoms with Gasteiger partial charge in [0.05, 0.1) is 22.8 Å². The van der Waals surface area contributed by atoms with E-state index in [0.717, 1.165) is 34.5 Å². The second-order valence-corrected chi connectivity index (χ2v) is 16.6. The van der Waals surface area contributed by atoms with Crippen LogP contribution in [0, 0.1) is 5.92 Å². The van der Waals surface area contributed by atoms with Crippen molar-refractivity contribution in [3.8, 4) is 11.1 Å². The quantitative estimate of drug-likeness (QED) is 0.183. The zero-order valence-electron chi connectivity index (χ0n) is 31.2. The van der Waals surface area contributed by atoms with Crippen LogP contribution in [0.5, 0.6) is 0 Å². The number of anilines is 3. The highest BCUT2D eigenvalue weighted by molar-refractivity contribution is 6.10. The van der Waals surface area contributed by atoms with Crippen LogP contribution < -0.4 is 9.80 Å². The number of aromatic nitrogens is 2. The van der Waals surface area contributed by atoms with Gasteiger partial charge in [-0.15, -0.1) is 0 Å². The molecule has 6 aromatic rings. The van der Waals surface area contributed by atoms with Crippen LogP contribution in [0.25, 0.3) is 43.9 Å². The van der Waals surface area contributed by atoms with E-state index in [-0.39, 0.29) is 17.4 Å². The molecule has 264 valence electrons. The molecule has 0 fully saturated rings. The van der Waals surface area contributed by atoms with Crippen LogP contribution >= 0.6 is 0 Å². The summed E-state index contributed by atoms with van der Waals surface area (Å²) in [5, 5.41) is 3.68. The van der Waals surface area contributed by atoms with Crippen molar-refractivity contribution in [2.24, 2.45) is 5.92 Å². The Morgan fingerprint density at radius 3 is 2.45 bits per heavy atom. The van der Waals surface area contributed by atoms with Crippen LogP contribution in [0.2, 0.25) is 0 Å². The van der Waals surface area contributed by atoms with Gasteiger partial charge in [-0.25, -0.2) is 9.97 Å². The average molecular weight is 709 g/mol. The molecule has 4 aliphatic carbocycles. The number of benzene rings is 5. The van der Waals surface area contributed by atoms with E-state index in [9.17, 15) is 0 Å². The molecule has 1 aromatic heterocycles. The third-order valence-corrected chi connectivity index (χ3v) is 13.4. The van der Waals surface area contributed by atoms with Crippen LogP contribution in [0.3, 0.4) is 0 Å². The van der Waals surface area contributed by atoms with Crippen molar-refractivity contribution in [1.29, 1.82) is 0 Å². The van der Waals surface area contributed by atoms with E-state index in [1.165, 1.54) is 61.2 Å². The standard InChI is InChI=1S/C51H40N4/c1-31-13-10-15-34(29-31)54-42-23-9-7-21-40(42)50(2)28-26-33(30-44(50)54)48-39-18-6-8-22-41(39)52-49(53-48)55-43-25-24-32-14-11-19-37-35-16-4-5-17-36(35)38-20-12-27-51(55,3)47(38)46(43)45(32)37/h4-28,30-31,44,47H,29H2,1-3H3. The Hall–Kier alpha value is -6.26. The Kier molecular flexibility index (Phi) is 6.18. The first-order valence-corrected chi connectivity index (χ1v) is 19.7. The van der Waals surface area contributed by atoms with Gasteiger partial charge in [-0.05, 0) is 100 Å². The highest BCUT2D eigenvalue weighted by Crippen LogP contribution is 2.63. The minimum atomic E-state index is -0.429. The normalized spacial score (nSPS) is 26.4. The zero-order valence-corrected chi connectivity index (χ0v) is 31.2. The molecule has 3 heterocycles. The Bertz CT molecular complexity index is 2890. The van der Waals surface area contributed by atoms with Gasteiger partial charge < -0.3 is 4.90 Å². The molecule has 0 saturated heterocycles. The SMILES string of the molecule is CC1C=CC=C(N2c3ccccc3C3(C)C=CC(c4nc(N5c6ccc7cccc8c7c6C6C(=CC=CC65C)c5ccccc5-8)nc5ccccc45)=CC23)C1. The topological polar surface area (TPSA) is 32.3 Å². The lowest BCUT2D eigenvalue weighted by Crippen LogP contribution is -2.44. The molecule has 12 rings (SSSR count). The van der Waals surface area contributed by atoms with Gasteiger partial charge in [0.25, 0.3) is 0 Å². The molecule has 0 saturated carbocycles. The number of fused-ring (bicyclic) bond motifs is 7. The van der Waals surface area contributed by atoms with E-state index in [1.807, 2.05) is 0 Å². The van der Waals surface area contributed by atoms with Crippen LogP contribution in [0.4, 0.5) is 17.3 Å². The molecule has 5 aromatic carbocycles. The Labute approximate surface area is 321 Å². The van der Waals surface area contributed by atoms with Crippen LogP contribution in [0.15, 0.2) is 164 Å². The molecular formula is C51H40N4. The van der Waals surface area contributed by atoms with Crippen molar-refractivity contribution < 1.29 is 0 Å². The van der Waals surface area contributed by atoms with E-state index >= 15 is 0 Å². The van der Waals surface area contributed by atoms with E-state index in [2.05, 4.69) is 188 Å². The van der Waals surface area contributed by atoms with Gasteiger partial charge in [-0.3, -0.25) is 4.90 Å². The molecule has 2 aliphatic heterocycles. The van der Waals surface area contributed by atoms with Gasteiger partial charge in [0.2, 0.25) is 5.95 Å². The third kappa shape index (κ3) is 4.07. The van der Waals surface area contributed by atoms with Gasteiger partial charge in [0.1, 0.15) is 0 Å². The number of nitrogens with zero attached hydrogens (tertiary/aromatic N) is 4. The molecule has 4 heteroatoms. The lowest BCUT2D eigenvalue weighted by molar-refractivity contribution is 0.531. The van der Waals surface area contributed by atoms with E-state index < -0.39 is 5.54 Å². The van der Waals surface area contributed by atoms with Gasteiger partial charge in [0.15, 0.2) is 0 Å². The Morgan fingerprint density at radius 1 is 0.727 bits per heavy atom. The summed E-state index contributed by atoms with van der Waals surface area (Å²) in [5.74, 6) is 1.34. The maximum absolute atomic E-state index is 5.66. The number of hydrogen-bond donors (Lipinski definition) is 0. The predicted octanol–water partition coefficient (Wildman–Crippen LogP) is 12.0. The van der Waals surface area contributed by atoms with Crippen LogP contribution in [-0.2, 0) is 5.41 Å². The number of hydrogen-bond acceptors (Lipinski definition) is 4. The van der Waals surface area contributed by atoms with Crippen LogP contribution in [0.1, 0.15) is 55.5 Å². The van der Waals surface area contributed by atoms with Gasteiger partial charge in [0, 0.05) is 33.8 Å². The molecule has 0 radical (unpaired) electrons. The van der Waals surface area contributed by atoms with Crippen LogP contribution in [-0.4, -0.2) is 21.5 Å². The minimum Gasteiger partial charge on any atom is -0.337 e. The Morgan fingerprint density at radius 2 is 1.55 bits per heavy atom. The molecule has 0 N–H and O–H groups in total. The first-order chi connectivity index (χ1) is 26.9. The molecular weight excluding hydrogens is 669 g/mol. The summed E-state index contributed by atoms with van der Waals surface area (Å²) in [7, 11) is 0. The summed E-state index contributed by atoms with van der Waals surface area (Å²) in [4.78, 5) is 16.1. The third-order valence-electron chi connectivity index (χ3n) is 13.4. The summed E-state index contributed by atoms with van der Waals surface area (Å²) < 4.78 is 0. The molecule has 0 amide bonds. The lowest BCUT2D eigenvalue weighted by atomic mass is 9.73. The molecule has 5 atom stereocenters. The van der Waals surface area contributed by atoms with E-state index in [1.54, 1.807) is 0 Å². The van der Waals surface area contributed by atoms with Gasteiger partial charge in [-0.1, -0.05) is 140 Å². The van der Waals surface area contributed by atoms with E-state index in [4.69, 9.17) is 9.97 Å². The number of para-hydroxylation sites is 2. The highest BCUT2D eigenvalue weighted by atomic mass is 15.3. The monoisotopic (exact) mass is 708 g/mol. The lowest BCUT2D eigenvalue weighted by Gasteiger charge is -2.40. The molecule has 5 unspecified atom stereocenters. The zero-order chi connectivity index (χ0) is 36.6. The largest absolute Gasteiger partial charge is 0.337 e. The summed E-state index contributed by atoms with van der Waals surface area (Å²) in [5.41, 5.74) is 14.3. The maximum Gasteiger partial charge on any atom is 0.231 e. The Balaban J connectivity index is 1.07. The summed E-state index contributed by atoms with van der Waals surface area (Å²) in [6, 6.07) is 38.0. The fraction of sp³-hybridized carbons (Fsp3) is 0.176. The van der Waals surface area contributed by atoms with Crippen molar-refractivity contribution in [3.63, 3.8) is 0 Å². The van der Waals surface area contributed by atoms with Gasteiger partial charge in [-0.2, -0.15) is 0 Å². The molecule has 55 heavy (non-hydrogen) atoms. The fourth-order valence-corrected chi connectivity index (χ4v) is 10.9. The minimum absolute atomic E-state index is 0.109. The first-order valence-electron chi connectivity index (χ1n) is 19.7. The van der Waals surface area contributed by atoms with Crippen molar-refractivity contribution >= 4 is 50.1 Å². The molecule has 4 nitrogen and oxygen atoms in total. The highest BCUT2D eigenvalue weighted by Gasteiger charge is 2.53. The molecule has 0 spiro atoms. The number of rotatable bonds is 3. The van der Waals surface area contributed by atoms with Gasteiger partial charge >= 0.3 is 0 Å².